The molecule has 2 N–H and O–H groups in total. The van der Waals surface area contributed by atoms with Crippen molar-refractivity contribution in [1.29, 1.82) is 0 Å². The fraction of sp³-hybridized carbons (Fsp3) is 0. The summed E-state index contributed by atoms with van der Waals surface area (Å²) in [5, 5.41) is 19.5. The van der Waals surface area contributed by atoms with Gasteiger partial charge in [0.05, 0.1) is 18.0 Å². The molecule has 1 aliphatic heterocycles. The first kappa shape index (κ1) is 12.6. The highest BCUT2D eigenvalue weighted by Gasteiger charge is 2.45. The van der Waals surface area contributed by atoms with E-state index >= 15 is 0 Å². The minimum absolute atomic E-state index is 0.0411. The van der Waals surface area contributed by atoms with Crippen LogP contribution < -0.4 is 4.31 Å². The van der Waals surface area contributed by atoms with E-state index in [9.17, 15) is 13.2 Å². The maximum Gasteiger partial charge on any atom is 0.275 e. The minimum Gasteiger partial charge on any atom is -0.267 e. The van der Waals surface area contributed by atoms with Crippen molar-refractivity contribution in [3.05, 3.63) is 36.2 Å². The second-order valence-electron chi connectivity index (χ2n) is 4.44. The lowest BCUT2D eigenvalue weighted by Crippen LogP contribution is -2.30. The molecule has 0 saturated heterocycles. The Morgan fingerprint density at radius 2 is 1.82 bits per heavy atom. The van der Waals surface area contributed by atoms with Gasteiger partial charge in [-0.15, -0.1) is 5.10 Å². The molecule has 0 aliphatic carbocycles. The molecule has 11 heteroatoms. The van der Waals surface area contributed by atoms with Crippen LogP contribution in [-0.4, -0.2) is 45.1 Å². The number of rotatable bonds is 2. The first-order valence-electron chi connectivity index (χ1n) is 6.05. The lowest BCUT2D eigenvalue weighted by atomic mass is 10.0. The van der Waals surface area contributed by atoms with Crippen molar-refractivity contribution in [3.63, 3.8) is 0 Å². The molecule has 0 fully saturated rings. The summed E-state index contributed by atoms with van der Waals surface area (Å²) in [4.78, 5) is 12.5. The van der Waals surface area contributed by atoms with E-state index in [4.69, 9.17) is 0 Å². The van der Waals surface area contributed by atoms with E-state index in [1.54, 1.807) is 12.1 Å². The number of carbonyl (C=O) groups excluding carboxylic acids is 1. The van der Waals surface area contributed by atoms with Crippen LogP contribution in [0.1, 0.15) is 10.4 Å². The van der Waals surface area contributed by atoms with E-state index in [1.807, 2.05) is 0 Å². The van der Waals surface area contributed by atoms with Crippen molar-refractivity contribution in [3.8, 4) is 11.3 Å². The molecular weight excluding hydrogens is 310 g/mol. The molecule has 1 aromatic carbocycles. The number of aromatic amines is 2. The molecule has 0 saturated carbocycles. The van der Waals surface area contributed by atoms with Gasteiger partial charge in [0.1, 0.15) is 10.6 Å². The fourth-order valence-corrected chi connectivity index (χ4v) is 3.89. The third-order valence-electron chi connectivity index (χ3n) is 3.24. The molecular formula is C11H7N7O3S. The van der Waals surface area contributed by atoms with E-state index in [-0.39, 0.29) is 16.3 Å². The zero-order valence-electron chi connectivity index (χ0n) is 10.8. The smallest absolute Gasteiger partial charge is 0.267 e. The van der Waals surface area contributed by atoms with Crippen LogP contribution in [0.25, 0.3) is 11.3 Å². The summed E-state index contributed by atoms with van der Waals surface area (Å²) >= 11 is 0. The second-order valence-corrected chi connectivity index (χ2v) is 6.19. The molecule has 4 rings (SSSR count). The van der Waals surface area contributed by atoms with Gasteiger partial charge < -0.3 is 0 Å². The minimum atomic E-state index is -4.03. The number of aromatic nitrogens is 6. The lowest BCUT2D eigenvalue weighted by Gasteiger charge is -2.10. The van der Waals surface area contributed by atoms with E-state index in [2.05, 4.69) is 30.8 Å². The monoisotopic (exact) mass is 317 g/mol. The maximum absolute atomic E-state index is 12.6. The van der Waals surface area contributed by atoms with Gasteiger partial charge in [-0.2, -0.15) is 30.0 Å². The Hall–Kier alpha value is -3.08. The number of H-pyrrole nitrogens is 2. The average molecular weight is 317 g/mol. The Kier molecular flexibility index (Phi) is 2.42. The third-order valence-corrected chi connectivity index (χ3v) is 4.97. The van der Waals surface area contributed by atoms with Gasteiger partial charge >= 0.3 is 0 Å². The third kappa shape index (κ3) is 1.53. The molecule has 10 nitrogen and oxygen atoms in total. The molecule has 3 heterocycles. The molecule has 0 radical (unpaired) electrons. The number of amides is 1. The number of nitrogens with one attached hydrogen (secondary N) is 2. The zero-order valence-corrected chi connectivity index (χ0v) is 11.6. The SMILES string of the molecule is O=C1c2c(-c3cn[nH]n3)cccc2S(=O)(=O)N1c1cn[nH]n1. The highest BCUT2D eigenvalue weighted by atomic mass is 32.2. The Morgan fingerprint density at radius 3 is 2.50 bits per heavy atom. The molecule has 0 atom stereocenters. The van der Waals surface area contributed by atoms with Gasteiger partial charge in [0.15, 0.2) is 5.82 Å². The Morgan fingerprint density at radius 1 is 1.05 bits per heavy atom. The number of benzene rings is 1. The van der Waals surface area contributed by atoms with Crippen LogP contribution in [0.3, 0.4) is 0 Å². The molecule has 2 aromatic heterocycles. The van der Waals surface area contributed by atoms with Gasteiger partial charge in [-0.1, -0.05) is 12.1 Å². The van der Waals surface area contributed by atoms with Crippen LogP contribution in [0, 0.1) is 0 Å². The summed E-state index contributed by atoms with van der Waals surface area (Å²) in [6.07, 6.45) is 2.57. The van der Waals surface area contributed by atoms with Crippen LogP contribution in [0.2, 0.25) is 0 Å². The Bertz CT molecular complexity index is 963. The summed E-state index contributed by atoms with van der Waals surface area (Å²) in [5.41, 5.74) is 0.799. The van der Waals surface area contributed by atoms with Crippen LogP contribution in [-0.2, 0) is 10.0 Å². The number of fused-ring (bicyclic) bond motifs is 1. The van der Waals surface area contributed by atoms with Crippen LogP contribution in [0.4, 0.5) is 5.82 Å². The lowest BCUT2D eigenvalue weighted by molar-refractivity contribution is 0.101. The molecule has 3 aromatic rings. The number of hydrogen-bond acceptors (Lipinski definition) is 7. The average Bonchev–Trinajstić information content (AvgIpc) is 3.21. The molecule has 22 heavy (non-hydrogen) atoms. The van der Waals surface area contributed by atoms with E-state index in [0.717, 1.165) is 6.20 Å². The van der Waals surface area contributed by atoms with Gasteiger partial charge in [0.25, 0.3) is 15.9 Å². The summed E-state index contributed by atoms with van der Waals surface area (Å²) in [6.45, 7) is 0. The molecule has 0 spiro atoms. The van der Waals surface area contributed by atoms with E-state index < -0.39 is 15.9 Å². The van der Waals surface area contributed by atoms with E-state index in [1.165, 1.54) is 12.3 Å². The van der Waals surface area contributed by atoms with Crippen molar-refractivity contribution in [1.82, 2.24) is 30.8 Å². The number of hydrogen-bond donors (Lipinski definition) is 2. The van der Waals surface area contributed by atoms with Gasteiger partial charge in [-0.25, -0.2) is 8.42 Å². The zero-order chi connectivity index (χ0) is 15.3. The standard InChI is InChI=1S/C11H7N7O3S/c19-11-10-6(7-4-12-16-14-7)2-1-3-8(10)22(20,21)18(11)9-5-13-17-15-9/h1-5H,(H,12,14,16)(H,13,15,17). The highest BCUT2D eigenvalue weighted by molar-refractivity contribution is 7.94. The van der Waals surface area contributed by atoms with Gasteiger partial charge in [-0.05, 0) is 6.07 Å². The predicted octanol–water partition coefficient (Wildman–Crippen LogP) is -0.0611. The summed E-state index contributed by atoms with van der Waals surface area (Å²) in [7, 11) is -4.03. The molecule has 1 amide bonds. The topological polar surface area (TPSA) is 138 Å². The van der Waals surface area contributed by atoms with Crippen molar-refractivity contribution >= 4 is 21.7 Å². The van der Waals surface area contributed by atoms with Crippen LogP contribution >= 0.6 is 0 Å². The van der Waals surface area contributed by atoms with E-state index in [0.29, 0.717) is 15.6 Å². The quantitative estimate of drug-likeness (QED) is 0.675. The van der Waals surface area contributed by atoms with Crippen molar-refractivity contribution < 1.29 is 13.2 Å². The first-order valence-corrected chi connectivity index (χ1v) is 7.49. The van der Waals surface area contributed by atoms with Gasteiger partial charge in [0, 0.05) is 5.56 Å². The normalized spacial score (nSPS) is 16.0. The molecule has 0 unspecified atom stereocenters. The number of sulfonamides is 1. The molecule has 110 valence electrons. The van der Waals surface area contributed by atoms with Gasteiger partial charge in [0.2, 0.25) is 0 Å². The summed E-state index contributed by atoms with van der Waals surface area (Å²) in [6, 6.07) is 4.52. The first-order chi connectivity index (χ1) is 10.6. The predicted molar refractivity (Wildman–Crippen MR) is 72.2 cm³/mol. The van der Waals surface area contributed by atoms with Crippen molar-refractivity contribution in [2.24, 2.45) is 0 Å². The van der Waals surface area contributed by atoms with Crippen LogP contribution in [0.15, 0.2) is 35.5 Å². The Labute approximate surface area is 123 Å². The van der Waals surface area contributed by atoms with Crippen LogP contribution in [0.5, 0.6) is 0 Å². The second kappa shape index (κ2) is 4.21. The molecule has 0 bridgehead atoms. The largest absolute Gasteiger partial charge is 0.275 e. The fourth-order valence-electron chi connectivity index (χ4n) is 2.34. The van der Waals surface area contributed by atoms with Crippen molar-refractivity contribution in [2.75, 3.05) is 4.31 Å². The maximum atomic E-state index is 12.6. The number of carbonyl (C=O) groups is 1. The summed E-state index contributed by atoms with van der Waals surface area (Å²) < 4.78 is 25.8. The van der Waals surface area contributed by atoms with Gasteiger partial charge in [-0.3, -0.25) is 4.79 Å². The molecule has 1 aliphatic rings. The number of nitrogens with zero attached hydrogens (tertiary/aromatic N) is 5. The summed E-state index contributed by atoms with van der Waals surface area (Å²) in [5.74, 6) is -0.796. The highest BCUT2D eigenvalue weighted by Crippen LogP contribution is 2.38. The number of anilines is 1. The van der Waals surface area contributed by atoms with Crippen molar-refractivity contribution in [2.45, 2.75) is 4.90 Å². The Balaban J connectivity index is 2.00.